The van der Waals surface area contributed by atoms with Crippen LogP contribution in [0.2, 0.25) is 0 Å². The van der Waals surface area contributed by atoms with Crippen molar-refractivity contribution < 1.29 is 9.18 Å². The normalized spacial score (nSPS) is 10.7. The number of hydrogen-bond acceptors (Lipinski definition) is 2. The maximum absolute atomic E-state index is 13.5. The van der Waals surface area contributed by atoms with E-state index in [1.165, 1.54) is 12.1 Å². The number of benzene rings is 2. The van der Waals surface area contributed by atoms with E-state index in [0.717, 1.165) is 11.0 Å². The Morgan fingerprint density at radius 3 is 2.85 bits per heavy atom. The van der Waals surface area contributed by atoms with Gasteiger partial charge in [0.05, 0.1) is 23.0 Å². The Hall–Kier alpha value is -2.69. The molecule has 2 aromatic carbocycles. The largest absolute Gasteiger partial charge is 0.334 e. The number of nitrogens with one attached hydrogen (secondary N) is 1. The minimum atomic E-state index is -0.456. The van der Waals surface area contributed by atoms with Crippen LogP contribution in [-0.4, -0.2) is 15.5 Å². The number of imidazole rings is 1. The number of anilines is 1. The summed E-state index contributed by atoms with van der Waals surface area (Å²) in [7, 11) is 1.86. The third kappa shape index (κ3) is 2.14. The average molecular weight is 269 g/mol. The lowest BCUT2D eigenvalue weighted by molar-refractivity contribution is 0.102. The Balaban J connectivity index is 1.92. The first-order chi connectivity index (χ1) is 9.65. The van der Waals surface area contributed by atoms with Crippen LogP contribution in [0, 0.1) is 5.82 Å². The van der Waals surface area contributed by atoms with Gasteiger partial charge >= 0.3 is 0 Å². The fraction of sp³-hybridized carbons (Fsp3) is 0.0667. The Morgan fingerprint density at radius 2 is 2.05 bits per heavy atom. The fourth-order valence-electron chi connectivity index (χ4n) is 2.02. The summed E-state index contributed by atoms with van der Waals surface area (Å²) in [5.41, 5.74) is 2.30. The summed E-state index contributed by atoms with van der Waals surface area (Å²) >= 11 is 0. The number of fused-ring (bicyclic) bond motifs is 1. The van der Waals surface area contributed by atoms with Crippen LogP contribution in [0.4, 0.5) is 10.1 Å². The molecule has 0 spiro atoms. The van der Waals surface area contributed by atoms with Gasteiger partial charge in [0.15, 0.2) is 0 Å². The predicted octanol–water partition coefficient (Wildman–Crippen LogP) is 2.96. The van der Waals surface area contributed by atoms with E-state index in [1.54, 1.807) is 36.7 Å². The lowest BCUT2D eigenvalue weighted by Gasteiger charge is -2.06. The number of para-hydroxylation sites is 1. The number of hydrogen-bond donors (Lipinski definition) is 1. The maximum Gasteiger partial charge on any atom is 0.255 e. The first kappa shape index (κ1) is 12.3. The van der Waals surface area contributed by atoms with E-state index < -0.39 is 5.82 Å². The zero-order valence-corrected chi connectivity index (χ0v) is 10.8. The van der Waals surface area contributed by atoms with Gasteiger partial charge in [0, 0.05) is 12.6 Å². The van der Waals surface area contributed by atoms with Gasteiger partial charge in [0.2, 0.25) is 0 Å². The van der Waals surface area contributed by atoms with Gasteiger partial charge in [-0.15, -0.1) is 0 Å². The fourth-order valence-corrected chi connectivity index (χ4v) is 2.02. The molecule has 0 aliphatic heterocycles. The van der Waals surface area contributed by atoms with Gasteiger partial charge in [-0.25, -0.2) is 9.37 Å². The van der Waals surface area contributed by atoms with Gasteiger partial charge < -0.3 is 9.88 Å². The van der Waals surface area contributed by atoms with Crippen molar-refractivity contribution in [3.05, 3.63) is 60.2 Å². The number of rotatable bonds is 2. The Labute approximate surface area is 114 Å². The lowest BCUT2D eigenvalue weighted by Crippen LogP contribution is -2.12. The van der Waals surface area contributed by atoms with Gasteiger partial charge in [-0.2, -0.15) is 0 Å². The smallest absolute Gasteiger partial charge is 0.255 e. The SMILES string of the molecule is Cn1cnc2ccc(C(=O)Nc3ccccc3F)cc21. The van der Waals surface area contributed by atoms with Crippen LogP contribution in [0.15, 0.2) is 48.8 Å². The van der Waals surface area contributed by atoms with Gasteiger partial charge in [-0.3, -0.25) is 4.79 Å². The molecule has 0 bridgehead atoms. The second-order valence-corrected chi connectivity index (χ2v) is 4.49. The molecule has 3 rings (SSSR count). The van der Waals surface area contributed by atoms with Gasteiger partial charge in [0.25, 0.3) is 5.91 Å². The lowest BCUT2D eigenvalue weighted by atomic mass is 10.2. The zero-order chi connectivity index (χ0) is 14.1. The number of carbonyl (C=O) groups is 1. The molecule has 1 amide bonds. The first-order valence-corrected chi connectivity index (χ1v) is 6.12. The molecule has 0 fully saturated rings. The van der Waals surface area contributed by atoms with Gasteiger partial charge in [0.1, 0.15) is 5.82 Å². The molecule has 4 nitrogen and oxygen atoms in total. The van der Waals surface area contributed by atoms with E-state index in [-0.39, 0.29) is 11.6 Å². The summed E-state index contributed by atoms with van der Waals surface area (Å²) in [5, 5.41) is 2.56. The summed E-state index contributed by atoms with van der Waals surface area (Å²) in [5.74, 6) is -0.805. The topological polar surface area (TPSA) is 46.9 Å². The average Bonchev–Trinajstić information content (AvgIpc) is 2.82. The zero-order valence-electron chi connectivity index (χ0n) is 10.8. The Morgan fingerprint density at radius 1 is 1.25 bits per heavy atom. The van der Waals surface area contributed by atoms with Crippen LogP contribution < -0.4 is 5.32 Å². The van der Waals surface area contributed by atoms with E-state index in [9.17, 15) is 9.18 Å². The van der Waals surface area contributed by atoms with Crippen LogP contribution in [0.1, 0.15) is 10.4 Å². The highest BCUT2D eigenvalue weighted by molar-refractivity contribution is 6.06. The summed E-state index contributed by atoms with van der Waals surface area (Å²) in [4.78, 5) is 16.3. The summed E-state index contributed by atoms with van der Waals surface area (Å²) < 4.78 is 15.3. The number of halogens is 1. The Bertz CT molecular complexity index is 795. The molecule has 20 heavy (non-hydrogen) atoms. The quantitative estimate of drug-likeness (QED) is 0.777. The molecule has 0 radical (unpaired) electrons. The van der Waals surface area contributed by atoms with Crippen molar-refractivity contribution >= 4 is 22.6 Å². The van der Waals surface area contributed by atoms with E-state index in [0.29, 0.717) is 5.56 Å². The first-order valence-electron chi connectivity index (χ1n) is 6.12. The van der Waals surface area contributed by atoms with E-state index >= 15 is 0 Å². The van der Waals surface area contributed by atoms with Crippen LogP contribution in [0.25, 0.3) is 11.0 Å². The van der Waals surface area contributed by atoms with Crippen LogP contribution >= 0.6 is 0 Å². The molecule has 0 unspecified atom stereocenters. The molecule has 0 saturated carbocycles. The Kier molecular flexibility index (Phi) is 2.95. The number of aromatic nitrogens is 2. The van der Waals surface area contributed by atoms with Gasteiger partial charge in [-0.1, -0.05) is 12.1 Å². The van der Waals surface area contributed by atoms with Crippen molar-refractivity contribution in [1.82, 2.24) is 9.55 Å². The van der Waals surface area contributed by atoms with Crippen molar-refractivity contribution in [2.75, 3.05) is 5.32 Å². The van der Waals surface area contributed by atoms with E-state index in [4.69, 9.17) is 0 Å². The monoisotopic (exact) mass is 269 g/mol. The molecule has 3 aromatic rings. The van der Waals surface area contributed by atoms with Crippen molar-refractivity contribution in [2.24, 2.45) is 7.05 Å². The molecule has 5 heteroatoms. The van der Waals surface area contributed by atoms with Crippen LogP contribution in [0.3, 0.4) is 0 Å². The number of aryl methyl sites for hydroxylation is 1. The summed E-state index contributed by atoms with van der Waals surface area (Å²) in [6.45, 7) is 0. The third-order valence-electron chi connectivity index (χ3n) is 3.11. The molecular weight excluding hydrogens is 257 g/mol. The summed E-state index contributed by atoms with van der Waals surface area (Å²) in [6, 6.07) is 11.3. The molecule has 1 N–H and O–H groups in total. The molecule has 0 saturated heterocycles. The molecule has 0 atom stereocenters. The van der Waals surface area contributed by atoms with Crippen molar-refractivity contribution in [3.8, 4) is 0 Å². The number of amides is 1. The standard InChI is InChI=1S/C15H12FN3O/c1-19-9-17-13-7-6-10(8-14(13)19)15(20)18-12-5-3-2-4-11(12)16/h2-9H,1H3,(H,18,20). The van der Waals surface area contributed by atoms with Crippen molar-refractivity contribution in [2.45, 2.75) is 0 Å². The van der Waals surface area contributed by atoms with Crippen LogP contribution in [0.5, 0.6) is 0 Å². The second-order valence-electron chi connectivity index (χ2n) is 4.49. The molecule has 1 aromatic heterocycles. The van der Waals surface area contributed by atoms with Crippen LogP contribution in [-0.2, 0) is 7.05 Å². The highest BCUT2D eigenvalue weighted by atomic mass is 19.1. The highest BCUT2D eigenvalue weighted by Gasteiger charge is 2.10. The van der Waals surface area contributed by atoms with E-state index in [1.807, 2.05) is 11.6 Å². The highest BCUT2D eigenvalue weighted by Crippen LogP contribution is 2.17. The van der Waals surface area contributed by atoms with Crippen molar-refractivity contribution in [3.63, 3.8) is 0 Å². The maximum atomic E-state index is 13.5. The minimum absolute atomic E-state index is 0.169. The van der Waals surface area contributed by atoms with Crippen molar-refractivity contribution in [1.29, 1.82) is 0 Å². The third-order valence-corrected chi connectivity index (χ3v) is 3.11. The number of nitrogens with zero attached hydrogens (tertiary/aromatic N) is 2. The molecular formula is C15H12FN3O. The minimum Gasteiger partial charge on any atom is -0.334 e. The number of carbonyl (C=O) groups excluding carboxylic acids is 1. The molecule has 0 aliphatic carbocycles. The second kappa shape index (κ2) is 4.77. The molecule has 0 aliphatic rings. The van der Waals surface area contributed by atoms with Gasteiger partial charge in [-0.05, 0) is 30.3 Å². The van der Waals surface area contributed by atoms with E-state index in [2.05, 4.69) is 10.3 Å². The molecule has 100 valence electrons. The summed E-state index contributed by atoms with van der Waals surface area (Å²) in [6.07, 6.45) is 1.68. The molecule has 1 heterocycles. The predicted molar refractivity (Wildman–Crippen MR) is 75.1 cm³/mol.